The minimum absolute atomic E-state index is 0.0934. The standard InChI is InChI=1S/C9H9F3OS/c1-6(13)7-3-2-4-8(5-7)14-9(10,11)12/h2-6,13H,1H3/t6-/m0/s1. The predicted octanol–water partition coefficient (Wildman–Crippen LogP) is 3.35. The number of aliphatic hydroxyl groups is 1. The van der Waals surface area contributed by atoms with Gasteiger partial charge in [0.1, 0.15) is 0 Å². The van der Waals surface area contributed by atoms with E-state index in [-0.39, 0.29) is 16.7 Å². The molecule has 0 radical (unpaired) electrons. The van der Waals surface area contributed by atoms with Gasteiger partial charge in [-0.1, -0.05) is 12.1 Å². The molecular weight excluding hydrogens is 213 g/mol. The van der Waals surface area contributed by atoms with Crippen molar-refractivity contribution in [1.29, 1.82) is 0 Å². The number of benzene rings is 1. The van der Waals surface area contributed by atoms with Gasteiger partial charge < -0.3 is 5.11 Å². The minimum Gasteiger partial charge on any atom is -0.389 e. The number of hydrogen-bond donors (Lipinski definition) is 1. The van der Waals surface area contributed by atoms with Gasteiger partial charge in [-0.25, -0.2) is 0 Å². The van der Waals surface area contributed by atoms with Crippen LogP contribution in [-0.2, 0) is 0 Å². The number of halogens is 3. The average Bonchev–Trinajstić information content (AvgIpc) is 2.01. The molecule has 5 heteroatoms. The first kappa shape index (κ1) is 11.4. The van der Waals surface area contributed by atoms with Crippen LogP contribution < -0.4 is 0 Å². The SMILES string of the molecule is C[C@H](O)c1cccc(SC(F)(F)F)c1. The number of alkyl halides is 3. The van der Waals surface area contributed by atoms with Crippen LogP contribution in [0, 0.1) is 0 Å². The van der Waals surface area contributed by atoms with Crippen molar-refractivity contribution >= 4 is 11.8 Å². The van der Waals surface area contributed by atoms with E-state index in [9.17, 15) is 13.2 Å². The van der Waals surface area contributed by atoms with Crippen LogP contribution in [0.15, 0.2) is 29.2 Å². The second-order valence-electron chi connectivity index (χ2n) is 2.80. The van der Waals surface area contributed by atoms with Crippen LogP contribution in [0.4, 0.5) is 13.2 Å². The average molecular weight is 222 g/mol. The Bertz CT molecular complexity index is 309. The molecule has 0 aliphatic carbocycles. The molecule has 1 aromatic rings. The summed E-state index contributed by atoms with van der Waals surface area (Å²) in [6, 6.07) is 5.79. The fraction of sp³-hybridized carbons (Fsp3) is 0.333. The van der Waals surface area contributed by atoms with E-state index in [1.165, 1.54) is 25.1 Å². The molecule has 0 heterocycles. The lowest BCUT2D eigenvalue weighted by molar-refractivity contribution is -0.0328. The van der Waals surface area contributed by atoms with Crippen molar-refractivity contribution < 1.29 is 18.3 Å². The molecule has 14 heavy (non-hydrogen) atoms. The zero-order valence-corrected chi connectivity index (χ0v) is 8.19. The van der Waals surface area contributed by atoms with Gasteiger partial charge in [-0.2, -0.15) is 13.2 Å². The summed E-state index contributed by atoms with van der Waals surface area (Å²) in [7, 11) is 0. The maximum Gasteiger partial charge on any atom is 0.446 e. The topological polar surface area (TPSA) is 20.2 Å². The summed E-state index contributed by atoms with van der Waals surface area (Å²) in [4.78, 5) is 0.0934. The Morgan fingerprint density at radius 1 is 1.36 bits per heavy atom. The molecule has 0 aromatic heterocycles. The fourth-order valence-corrected chi connectivity index (χ4v) is 1.58. The molecule has 1 rings (SSSR count). The van der Waals surface area contributed by atoms with Gasteiger partial charge in [-0.15, -0.1) is 0 Å². The Kier molecular flexibility index (Phi) is 3.44. The fourth-order valence-electron chi connectivity index (χ4n) is 0.972. The monoisotopic (exact) mass is 222 g/mol. The Hall–Kier alpha value is -0.680. The van der Waals surface area contributed by atoms with Gasteiger partial charge >= 0.3 is 5.51 Å². The maximum absolute atomic E-state index is 12.0. The van der Waals surface area contributed by atoms with E-state index in [1.807, 2.05) is 0 Å². The van der Waals surface area contributed by atoms with Crippen molar-refractivity contribution in [2.45, 2.75) is 23.4 Å². The molecule has 1 nitrogen and oxygen atoms in total. The third-order valence-corrected chi connectivity index (χ3v) is 2.30. The van der Waals surface area contributed by atoms with E-state index in [0.717, 1.165) is 0 Å². The lowest BCUT2D eigenvalue weighted by atomic mass is 10.1. The van der Waals surface area contributed by atoms with Crippen LogP contribution in [0.3, 0.4) is 0 Å². The molecule has 0 unspecified atom stereocenters. The molecule has 0 amide bonds. The smallest absolute Gasteiger partial charge is 0.389 e. The summed E-state index contributed by atoms with van der Waals surface area (Å²) in [6.07, 6.45) is -0.746. The molecule has 0 aliphatic heterocycles. The maximum atomic E-state index is 12.0. The van der Waals surface area contributed by atoms with Crippen molar-refractivity contribution in [3.63, 3.8) is 0 Å². The molecule has 1 aromatic carbocycles. The molecule has 1 atom stereocenters. The summed E-state index contributed by atoms with van der Waals surface area (Å²) < 4.78 is 35.9. The van der Waals surface area contributed by atoms with Crippen molar-refractivity contribution in [3.8, 4) is 0 Å². The Labute approximate surface area is 83.9 Å². The highest BCUT2D eigenvalue weighted by Crippen LogP contribution is 2.37. The molecule has 0 bridgehead atoms. The van der Waals surface area contributed by atoms with E-state index in [2.05, 4.69) is 0 Å². The normalized spacial score (nSPS) is 14.1. The second kappa shape index (κ2) is 4.23. The van der Waals surface area contributed by atoms with Gasteiger partial charge in [0, 0.05) is 4.90 Å². The first-order valence-corrected chi connectivity index (χ1v) is 4.74. The molecule has 0 aliphatic rings. The van der Waals surface area contributed by atoms with Crippen LogP contribution in [-0.4, -0.2) is 10.6 Å². The molecule has 0 fully saturated rings. The van der Waals surface area contributed by atoms with Crippen LogP contribution in [0.2, 0.25) is 0 Å². The third kappa shape index (κ3) is 3.59. The van der Waals surface area contributed by atoms with Gasteiger partial charge in [0.25, 0.3) is 0 Å². The summed E-state index contributed by atoms with van der Waals surface area (Å²) in [5, 5.41) is 9.16. The number of thioether (sulfide) groups is 1. The Balaban J connectivity index is 2.84. The summed E-state index contributed by atoms with van der Waals surface area (Å²) in [5.41, 5.74) is -3.80. The number of rotatable bonds is 2. The van der Waals surface area contributed by atoms with Crippen LogP contribution in [0.1, 0.15) is 18.6 Å². The highest BCUT2D eigenvalue weighted by molar-refractivity contribution is 8.00. The third-order valence-electron chi connectivity index (χ3n) is 1.57. The highest BCUT2D eigenvalue weighted by atomic mass is 32.2. The van der Waals surface area contributed by atoms with Crippen molar-refractivity contribution in [2.24, 2.45) is 0 Å². The van der Waals surface area contributed by atoms with E-state index in [0.29, 0.717) is 5.56 Å². The van der Waals surface area contributed by atoms with Gasteiger partial charge in [-0.05, 0) is 36.4 Å². The second-order valence-corrected chi connectivity index (χ2v) is 3.93. The van der Waals surface area contributed by atoms with Crippen LogP contribution in [0.25, 0.3) is 0 Å². The lowest BCUT2D eigenvalue weighted by Gasteiger charge is -2.08. The summed E-state index contributed by atoms with van der Waals surface area (Å²) in [5.74, 6) is 0. The largest absolute Gasteiger partial charge is 0.446 e. The van der Waals surface area contributed by atoms with Gasteiger partial charge in [0.2, 0.25) is 0 Å². The Morgan fingerprint density at radius 3 is 2.50 bits per heavy atom. The minimum atomic E-state index is -4.28. The Morgan fingerprint density at radius 2 is 2.00 bits per heavy atom. The first-order chi connectivity index (χ1) is 6.38. The molecule has 78 valence electrons. The number of hydrogen-bond acceptors (Lipinski definition) is 2. The highest BCUT2D eigenvalue weighted by Gasteiger charge is 2.29. The molecule has 0 spiro atoms. The van der Waals surface area contributed by atoms with Crippen molar-refractivity contribution in [3.05, 3.63) is 29.8 Å². The summed E-state index contributed by atoms with van der Waals surface area (Å²) in [6.45, 7) is 1.51. The number of aliphatic hydroxyl groups excluding tert-OH is 1. The lowest BCUT2D eigenvalue weighted by Crippen LogP contribution is -1.99. The molecule has 0 saturated carbocycles. The van der Waals surface area contributed by atoms with E-state index in [4.69, 9.17) is 5.11 Å². The van der Waals surface area contributed by atoms with E-state index >= 15 is 0 Å². The van der Waals surface area contributed by atoms with Crippen molar-refractivity contribution in [1.82, 2.24) is 0 Å². The van der Waals surface area contributed by atoms with Gasteiger partial charge in [0.15, 0.2) is 0 Å². The van der Waals surface area contributed by atoms with E-state index < -0.39 is 11.6 Å². The van der Waals surface area contributed by atoms with Crippen LogP contribution >= 0.6 is 11.8 Å². The van der Waals surface area contributed by atoms with Gasteiger partial charge in [-0.3, -0.25) is 0 Å². The predicted molar refractivity (Wildman–Crippen MR) is 49.0 cm³/mol. The van der Waals surface area contributed by atoms with Crippen molar-refractivity contribution in [2.75, 3.05) is 0 Å². The first-order valence-electron chi connectivity index (χ1n) is 3.92. The zero-order valence-electron chi connectivity index (χ0n) is 7.38. The van der Waals surface area contributed by atoms with Gasteiger partial charge in [0.05, 0.1) is 6.10 Å². The molecular formula is C9H9F3OS. The quantitative estimate of drug-likeness (QED) is 0.774. The molecule has 1 N–H and O–H groups in total. The molecule has 0 saturated heterocycles. The van der Waals surface area contributed by atoms with Crippen LogP contribution in [0.5, 0.6) is 0 Å². The zero-order chi connectivity index (χ0) is 10.8. The summed E-state index contributed by atoms with van der Waals surface area (Å²) >= 11 is -0.179. The van der Waals surface area contributed by atoms with E-state index in [1.54, 1.807) is 6.07 Å².